The summed E-state index contributed by atoms with van der Waals surface area (Å²) in [5, 5.41) is 10.8. The van der Waals surface area contributed by atoms with Crippen molar-refractivity contribution in [3.05, 3.63) is 17.3 Å². The standard InChI is InChI=1S/C17H28N2O2/c1-12-13(2)21-16(18-12)11-19-10-6-8-15(19)14-7-4-5-9-17(14,3)20/h14-15,20H,4-11H2,1-3H3/t14-,15-,17-/m1/s1. The van der Waals surface area contributed by atoms with Crippen LogP contribution >= 0.6 is 0 Å². The zero-order valence-corrected chi connectivity index (χ0v) is 13.6. The molecular formula is C17H28N2O2. The van der Waals surface area contributed by atoms with Crippen LogP contribution in [-0.4, -0.2) is 33.2 Å². The maximum Gasteiger partial charge on any atom is 0.208 e. The van der Waals surface area contributed by atoms with E-state index in [1.54, 1.807) is 0 Å². The van der Waals surface area contributed by atoms with Gasteiger partial charge in [-0.2, -0.15) is 0 Å². The van der Waals surface area contributed by atoms with E-state index in [4.69, 9.17) is 4.42 Å². The lowest BCUT2D eigenvalue weighted by Crippen LogP contribution is -2.48. The number of hydrogen-bond donors (Lipinski definition) is 1. The lowest BCUT2D eigenvalue weighted by molar-refractivity contribution is -0.0636. The predicted octanol–water partition coefficient (Wildman–Crippen LogP) is 3.20. The normalized spacial score (nSPS) is 34.5. The maximum atomic E-state index is 10.8. The van der Waals surface area contributed by atoms with E-state index in [0.717, 1.165) is 49.7 Å². The molecule has 1 saturated carbocycles. The largest absolute Gasteiger partial charge is 0.444 e. The second-order valence-corrected chi connectivity index (χ2v) is 7.14. The number of oxazole rings is 1. The molecule has 1 N–H and O–H groups in total. The van der Waals surface area contributed by atoms with Crippen molar-refractivity contribution >= 4 is 0 Å². The molecule has 1 aromatic heterocycles. The summed E-state index contributed by atoms with van der Waals surface area (Å²) in [5.41, 5.74) is 0.485. The first-order valence-electron chi connectivity index (χ1n) is 8.37. The molecule has 4 heteroatoms. The number of rotatable bonds is 3. The number of aryl methyl sites for hydroxylation is 2. The molecule has 3 atom stereocenters. The lowest BCUT2D eigenvalue weighted by Gasteiger charge is -2.43. The Balaban J connectivity index is 1.73. The molecule has 1 aliphatic heterocycles. The van der Waals surface area contributed by atoms with E-state index >= 15 is 0 Å². The Labute approximate surface area is 127 Å². The van der Waals surface area contributed by atoms with Crippen LogP contribution in [0.4, 0.5) is 0 Å². The second kappa shape index (κ2) is 5.73. The van der Waals surface area contributed by atoms with Crippen LogP contribution in [0.3, 0.4) is 0 Å². The van der Waals surface area contributed by atoms with Crippen molar-refractivity contribution in [3.8, 4) is 0 Å². The molecule has 1 aliphatic carbocycles. The van der Waals surface area contributed by atoms with E-state index in [1.165, 1.54) is 19.3 Å². The third-order valence-electron chi connectivity index (χ3n) is 5.54. The highest BCUT2D eigenvalue weighted by atomic mass is 16.4. The van der Waals surface area contributed by atoms with Gasteiger partial charge in [-0.25, -0.2) is 4.98 Å². The highest BCUT2D eigenvalue weighted by Gasteiger charge is 2.43. The van der Waals surface area contributed by atoms with Crippen LogP contribution in [0.1, 0.15) is 62.8 Å². The molecule has 2 fully saturated rings. The van der Waals surface area contributed by atoms with E-state index in [0.29, 0.717) is 12.0 Å². The summed E-state index contributed by atoms with van der Waals surface area (Å²) in [6.07, 6.45) is 6.92. The second-order valence-electron chi connectivity index (χ2n) is 7.14. The van der Waals surface area contributed by atoms with Gasteiger partial charge in [0, 0.05) is 12.0 Å². The minimum Gasteiger partial charge on any atom is -0.444 e. The lowest BCUT2D eigenvalue weighted by atomic mass is 9.72. The van der Waals surface area contributed by atoms with Gasteiger partial charge >= 0.3 is 0 Å². The fourth-order valence-electron chi connectivity index (χ4n) is 4.23. The monoisotopic (exact) mass is 292 g/mol. The highest BCUT2D eigenvalue weighted by molar-refractivity contribution is 5.06. The highest BCUT2D eigenvalue weighted by Crippen LogP contribution is 2.41. The summed E-state index contributed by atoms with van der Waals surface area (Å²) in [5.74, 6) is 2.14. The first kappa shape index (κ1) is 15.0. The van der Waals surface area contributed by atoms with Crippen molar-refractivity contribution in [2.24, 2.45) is 5.92 Å². The third kappa shape index (κ3) is 3.02. The molecule has 118 valence electrons. The molecule has 0 radical (unpaired) electrons. The van der Waals surface area contributed by atoms with Crippen molar-refractivity contribution < 1.29 is 9.52 Å². The Morgan fingerprint density at radius 2 is 2.10 bits per heavy atom. The van der Waals surface area contributed by atoms with Gasteiger partial charge in [-0.1, -0.05) is 12.8 Å². The van der Waals surface area contributed by atoms with Crippen LogP contribution in [0.15, 0.2) is 4.42 Å². The Bertz CT molecular complexity index is 475. The number of aromatic nitrogens is 1. The molecule has 1 saturated heterocycles. The average molecular weight is 292 g/mol. The van der Waals surface area contributed by atoms with Gasteiger partial charge in [0.2, 0.25) is 5.89 Å². The molecule has 0 spiro atoms. The molecule has 2 heterocycles. The predicted molar refractivity (Wildman–Crippen MR) is 82.0 cm³/mol. The van der Waals surface area contributed by atoms with Crippen LogP contribution in [-0.2, 0) is 6.54 Å². The summed E-state index contributed by atoms with van der Waals surface area (Å²) < 4.78 is 5.75. The zero-order chi connectivity index (χ0) is 15.0. The van der Waals surface area contributed by atoms with Gasteiger partial charge in [-0.3, -0.25) is 4.90 Å². The van der Waals surface area contributed by atoms with Gasteiger partial charge in [0.15, 0.2) is 0 Å². The molecular weight excluding hydrogens is 264 g/mol. The minimum absolute atomic E-state index is 0.394. The molecule has 0 unspecified atom stereocenters. The van der Waals surface area contributed by atoms with Gasteiger partial charge in [0.25, 0.3) is 0 Å². The fourth-order valence-corrected chi connectivity index (χ4v) is 4.23. The number of aliphatic hydroxyl groups is 1. The molecule has 4 nitrogen and oxygen atoms in total. The average Bonchev–Trinajstić information content (AvgIpc) is 2.97. The Hall–Kier alpha value is -0.870. The number of hydrogen-bond acceptors (Lipinski definition) is 4. The van der Waals surface area contributed by atoms with Crippen LogP contribution in [0, 0.1) is 19.8 Å². The Morgan fingerprint density at radius 1 is 1.29 bits per heavy atom. The fraction of sp³-hybridized carbons (Fsp3) is 0.824. The van der Waals surface area contributed by atoms with Crippen LogP contribution < -0.4 is 0 Å². The minimum atomic E-state index is -0.506. The summed E-state index contributed by atoms with van der Waals surface area (Å²) in [7, 11) is 0. The first-order chi connectivity index (χ1) is 9.97. The van der Waals surface area contributed by atoms with Crippen molar-refractivity contribution in [1.82, 2.24) is 9.88 Å². The van der Waals surface area contributed by atoms with Gasteiger partial charge in [-0.15, -0.1) is 0 Å². The van der Waals surface area contributed by atoms with E-state index in [-0.39, 0.29) is 0 Å². The van der Waals surface area contributed by atoms with Crippen molar-refractivity contribution in [1.29, 1.82) is 0 Å². The maximum absolute atomic E-state index is 10.8. The molecule has 1 aromatic rings. The van der Waals surface area contributed by atoms with Crippen LogP contribution in [0.25, 0.3) is 0 Å². The van der Waals surface area contributed by atoms with Gasteiger partial charge in [-0.05, 0) is 53.0 Å². The quantitative estimate of drug-likeness (QED) is 0.929. The summed E-state index contributed by atoms with van der Waals surface area (Å²) in [6.45, 7) is 7.88. The molecule has 21 heavy (non-hydrogen) atoms. The van der Waals surface area contributed by atoms with Gasteiger partial charge in [0.1, 0.15) is 5.76 Å². The molecule has 0 amide bonds. The molecule has 0 bridgehead atoms. The SMILES string of the molecule is Cc1nc(CN2CCC[C@@H]2[C@H]2CCCC[C@@]2(C)O)oc1C. The topological polar surface area (TPSA) is 49.5 Å². The molecule has 0 aromatic carbocycles. The van der Waals surface area contributed by atoms with Crippen LogP contribution in [0.5, 0.6) is 0 Å². The van der Waals surface area contributed by atoms with E-state index < -0.39 is 5.60 Å². The van der Waals surface area contributed by atoms with Crippen molar-refractivity contribution in [3.63, 3.8) is 0 Å². The van der Waals surface area contributed by atoms with Crippen molar-refractivity contribution in [2.45, 2.75) is 77.5 Å². The molecule has 3 rings (SSSR count). The van der Waals surface area contributed by atoms with E-state index in [9.17, 15) is 5.11 Å². The Kier molecular flexibility index (Phi) is 4.10. The third-order valence-corrected chi connectivity index (χ3v) is 5.54. The first-order valence-corrected chi connectivity index (χ1v) is 8.37. The smallest absolute Gasteiger partial charge is 0.208 e. The summed E-state index contributed by atoms with van der Waals surface area (Å²) >= 11 is 0. The van der Waals surface area contributed by atoms with Crippen LogP contribution in [0.2, 0.25) is 0 Å². The van der Waals surface area contributed by atoms with E-state index in [2.05, 4.69) is 9.88 Å². The Morgan fingerprint density at radius 3 is 2.76 bits per heavy atom. The van der Waals surface area contributed by atoms with E-state index in [1.807, 2.05) is 20.8 Å². The summed E-state index contributed by atoms with van der Waals surface area (Å²) in [6, 6.07) is 0.479. The summed E-state index contributed by atoms with van der Waals surface area (Å²) in [4.78, 5) is 7.00. The molecule has 2 aliphatic rings. The van der Waals surface area contributed by atoms with Gasteiger partial charge in [0.05, 0.1) is 17.8 Å². The zero-order valence-electron chi connectivity index (χ0n) is 13.6. The number of likely N-dealkylation sites (tertiary alicyclic amines) is 1. The van der Waals surface area contributed by atoms with Crippen molar-refractivity contribution in [2.75, 3.05) is 6.54 Å². The number of nitrogens with zero attached hydrogens (tertiary/aromatic N) is 2. The van der Waals surface area contributed by atoms with Gasteiger partial charge < -0.3 is 9.52 Å².